The van der Waals surface area contributed by atoms with E-state index in [0.717, 1.165) is 21.4 Å². The minimum absolute atomic E-state index is 0.0888. The second kappa shape index (κ2) is 6.80. The summed E-state index contributed by atoms with van der Waals surface area (Å²) in [4.78, 5) is 16.1. The quantitative estimate of drug-likeness (QED) is 0.706. The van der Waals surface area contributed by atoms with Gasteiger partial charge in [0.25, 0.3) is 0 Å². The number of nitrogens with zero attached hydrogens (tertiary/aromatic N) is 4. The van der Waals surface area contributed by atoms with Gasteiger partial charge < -0.3 is 14.7 Å². The summed E-state index contributed by atoms with van der Waals surface area (Å²) >= 11 is 3.55. The summed E-state index contributed by atoms with van der Waals surface area (Å²) in [5.74, 6) is 0.712. The molecular weight excluding hydrogens is 400 g/mol. The molecule has 0 saturated carbocycles. The highest BCUT2D eigenvalue weighted by molar-refractivity contribution is 9.10. The molecule has 7 nitrogen and oxygen atoms in total. The summed E-state index contributed by atoms with van der Waals surface area (Å²) in [6, 6.07) is 11.4. The molecule has 132 valence electrons. The topological polar surface area (TPSA) is 80.5 Å². The Bertz CT molecular complexity index is 921. The van der Waals surface area contributed by atoms with Gasteiger partial charge in [0.15, 0.2) is 0 Å². The third-order valence-electron chi connectivity index (χ3n) is 4.15. The molecule has 0 spiro atoms. The van der Waals surface area contributed by atoms with Crippen LogP contribution < -0.4 is 4.74 Å². The number of aromatic nitrogens is 3. The molecule has 1 N–H and O–H groups in total. The summed E-state index contributed by atoms with van der Waals surface area (Å²) in [7, 11) is 0. The van der Waals surface area contributed by atoms with Gasteiger partial charge in [-0.1, -0.05) is 0 Å². The van der Waals surface area contributed by atoms with Gasteiger partial charge in [0, 0.05) is 24.2 Å². The van der Waals surface area contributed by atoms with Gasteiger partial charge in [-0.25, -0.2) is 9.48 Å². The van der Waals surface area contributed by atoms with Gasteiger partial charge in [0.2, 0.25) is 0 Å². The van der Waals surface area contributed by atoms with Crippen molar-refractivity contribution in [3.05, 3.63) is 59.5 Å². The van der Waals surface area contributed by atoms with Gasteiger partial charge in [0.1, 0.15) is 17.5 Å². The van der Waals surface area contributed by atoms with Crippen LogP contribution in [0.15, 0.2) is 59.5 Å². The Hall–Kier alpha value is -2.87. The molecule has 3 aromatic rings. The Labute approximate surface area is 158 Å². The first-order valence-corrected chi connectivity index (χ1v) is 8.80. The summed E-state index contributed by atoms with van der Waals surface area (Å²) in [5, 5.41) is 13.5. The number of ether oxygens (including phenoxy) is 1. The Kier molecular flexibility index (Phi) is 4.34. The minimum atomic E-state index is -0.908. The molecule has 0 bridgehead atoms. The predicted octanol–water partition coefficient (Wildman–Crippen LogP) is 3.44. The van der Waals surface area contributed by atoms with Crippen LogP contribution in [-0.4, -0.2) is 50.1 Å². The lowest BCUT2D eigenvalue weighted by atomic mass is 10.2. The van der Waals surface area contributed by atoms with Crippen LogP contribution in [0.25, 0.3) is 16.9 Å². The maximum atomic E-state index is 10.8. The normalized spacial score (nSPS) is 14.1. The number of amides is 1. The Balaban J connectivity index is 1.47. The molecule has 8 heteroatoms. The van der Waals surface area contributed by atoms with Crippen LogP contribution in [0.5, 0.6) is 5.75 Å². The van der Waals surface area contributed by atoms with E-state index in [-0.39, 0.29) is 6.10 Å². The summed E-state index contributed by atoms with van der Waals surface area (Å²) in [6.45, 7) is 0.803. The van der Waals surface area contributed by atoms with Gasteiger partial charge in [0.05, 0.1) is 23.2 Å². The van der Waals surface area contributed by atoms with Crippen molar-refractivity contribution in [1.29, 1.82) is 0 Å². The fraction of sp³-hybridized carbons (Fsp3) is 0.167. The average molecular weight is 415 g/mol. The number of likely N-dealkylation sites (tertiary alicyclic amines) is 1. The summed E-state index contributed by atoms with van der Waals surface area (Å²) in [6.07, 6.45) is 4.38. The highest BCUT2D eigenvalue weighted by atomic mass is 79.9. The van der Waals surface area contributed by atoms with Crippen LogP contribution in [0.3, 0.4) is 0 Å². The molecule has 0 aliphatic carbocycles. The molecule has 3 heterocycles. The number of hydrogen-bond donors (Lipinski definition) is 1. The van der Waals surface area contributed by atoms with Crippen LogP contribution in [0.1, 0.15) is 0 Å². The number of carbonyl (C=O) groups is 1. The molecular formula is C18H15BrN4O3. The van der Waals surface area contributed by atoms with Crippen LogP contribution in [0.2, 0.25) is 0 Å². The van der Waals surface area contributed by atoms with E-state index in [4.69, 9.17) is 9.84 Å². The van der Waals surface area contributed by atoms with Crippen molar-refractivity contribution >= 4 is 22.0 Å². The molecule has 0 atom stereocenters. The molecule has 2 aromatic heterocycles. The van der Waals surface area contributed by atoms with E-state index < -0.39 is 6.09 Å². The smallest absolute Gasteiger partial charge is 0.407 e. The van der Waals surface area contributed by atoms with Crippen molar-refractivity contribution in [3.8, 4) is 22.7 Å². The first-order valence-electron chi connectivity index (χ1n) is 8.00. The minimum Gasteiger partial charge on any atom is -0.487 e. The third kappa shape index (κ3) is 3.28. The zero-order valence-corrected chi connectivity index (χ0v) is 15.2. The average Bonchev–Trinajstić information content (AvgIpc) is 3.00. The van der Waals surface area contributed by atoms with Crippen LogP contribution >= 0.6 is 15.9 Å². The van der Waals surface area contributed by atoms with Crippen LogP contribution in [0, 0.1) is 0 Å². The molecule has 1 aromatic carbocycles. The van der Waals surface area contributed by atoms with Crippen molar-refractivity contribution in [1.82, 2.24) is 19.7 Å². The predicted molar refractivity (Wildman–Crippen MR) is 98.5 cm³/mol. The molecule has 4 rings (SSSR count). The molecule has 26 heavy (non-hydrogen) atoms. The van der Waals surface area contributed by atoms with E-state index in [1.807, 2.05) is 42.6 Å². The highest BCUT2D eigenvalue weighted by Crippen LogP contribution is 2.28. The van der Waals surface area contributed by atoms with Crippen molar-refractivity contribution in [2.45, 2.75) is 6.10 Å². The number of hydrogen-bond acceptors (Lipinski definition) is 4. The molecule has 1 amide bonds. The zero-order chi connectivity index (χ0) is 18.1. The molecule has 1 fully saturated rings. The van der Waals surface area contributed by atoms with Crippen molar-refractivity contribution in [2.24, 2.45) is 0 Å². The molecule has 1 aliphatic rings. The number of pyridine rings is 1. The van der Waals surface area contributed by atoms with Crippen LogP contribution in [-0.2, 0) is 0 Å². The monoisotopic (exact) mass is 414 g/mol. The van der Waals surface area contributed by atoms with Gasteiger partial charge in [-0.05, 0) is 52.3 Å². The van der Waals surface area contributed by atoms with Crippen molar-refractivity contribution < 1.29 is 14.6 Å². The number of halogens is 1. The van der Waals surface area contributed by atoms with Crippen LogP contribution in [0.4, 0.5) is 4.79 Å². The first kappa shape index (κ1) is 16.6. The van der Waals surface area contributed by atoms with E-state index in [1.54, 1.807) is 17.1 Å². The number of benzene rings is 1. The maximum absolute atomic E-state index is 10.8. The summed E-state index contributed by atoms with van der Waals surface area (Å²) in [5.41, 5.74) is 2.73. The lowest BCUT2D eigenvalue weighted by molar-refractivity contribution is 0.0252. The highest BCUT2D eigenvalue weighted by Gasteiger charge is 2.32. The lowest BCUT2D eigenvalue weighted by Gasteiger charge is -2.36. The van der Waals surface area contributed by atoms with E-state index >= 15 is 0 Å². The molecule has 1 saturated heterocycles. The van der Waals surface area contributed by atoms with Gasteiger partial charge in [-0.2, -0.15) is 5.10 Å². The first-order chi connectivity index (χ1) is 12.6. The van der Waals surface area contributed by atoms with E-state index in [0.29, 0.717) is 18.8 Å². The summed E-state index contributed by atoms with van der Waals surface area (Å²) < 4.78 is 8.46. The maximum Gasteiger partial charge on any atom is 0.407 e. The largest absolute Gasteiger partial charge is 0.487 e. The van der Waals surface area contributed by atoms with Crippen molar-refractivity contribution in [2.75, 3.05) is 13.1 Å². The zero-order valence-electron chi connectivity index (χ0n) is 13.6. The van der Waals surface area contributed by atoms with Gasteiger partial charge in [-0.3, -0.25) is 4.98 Å². The number of rotatable bonds is 4. The Morgan fingerprint density at radius 3 is 2.50 bits per heavy atom. The van der Waals surface area contributed by atoms with E-state index in [2.05, 4.69) is 26.0 Å². The second-order valence-electron chi connectivity index (χ2n) is 5.93. The third-order valence-corrected chi connectivity index (χ3v) is 4.73. The second-order valence-corrected chi connectivity index (χ2v) is 6.78. The fourth-order valence-electron chi connectivity index (χ4n) is 2.73. The fourth-order valence-corrected chi connectivity index (χ4v) is 3.23. The molecule has 1 aliphatic heterocycles. The standard InChI is InChI=1S/C18H15BrN4O3/c19-16-11-23(21-17(16)12-5-7-20-8-6-12)13-1-3-14(4-2-13)26-15-9-22(10-15)18(24)25/h1-8,11,15H,9-10H2,(H,24,25). The van der Waals surface area contributed by atoms with E-state index in [1.165, 1.54) is 4.90 Å². The lowest BCUT2D eigenvalue weighted by Crippen LogP contribution is -2.55. The molecule has 0 unspecified atom stereocenters. The van der Waals surface area contributed by atoms with Gasteiger partial charge >= 0.3 is 6.09 Å². The molecule has 0 radical (unpaired) electrons. The number of carboxylic acid groups (broad SMARTS) is 1. The van der Waals surface area contributed by atoms with Crippen molar-refractivity contribution in [3.63, 3.8) is 0 Å². The Morgan fingerprint density at radius 2 is 1.85 bits per heavy atom. The van der Waals surface area contributed by atoms with Gasteiger partial charge in [-0.15, -0.1) is 0 Å². The Morgan fingerprint density at radius 1 is 1.15 bits per heavy atom. The van der Waals surface area contributed by atoms with E-state index in [9.17, 15) is 4.79 Å². The SMILES string of the molecule is O=C(O)N1CC(Oc2ccc(-n3cc(Br)c(-c4ccncc4)n3)cc2)C1.